The Balaban J connectivity index is 2.22. The van der Waals surface area contributed by atoms with Crippen LogP contribution in [0.25, 0.3) is 0 Å². The molecule has 68 heavy (non-hydrogen) atoms. The van der Waals surface area contributed by atoms with E-state index in [1.54, 1.807) is 6.08 Å². The second-order valence-electron chi connectivity index (χ2n) is 20.8. The number of aliphatic hydroxyl groups is 5. The molecule has 1 aliphatic heterocycles. The minimum absolute atomic E-state index is 0.177. The molecule has 0 aliphatic carbocycles. The summed E-state index contributed by atoms with van der Waals surface area (Å²) in [5.41, 5.74) is 0. The van der Waals surface area contributed by atoms with E-state index < -0.39 is 49.5 Å². The number of allylic oxidation sites excluding steroid dienone is 3. The zero-order chi connectivity index (χ0) is 49.4. The summed E-state index contributed by atoms with van der Waals surface area (Å²) < 4.78 is 11.3. The summed E-state index contributed by atoms with van der Waals surface area (Å²) in [7, 11) is 0. The van der Waals surface area contributed by atoms with Crippen LogP contribution in [0.1, 0.15) is 290 Å². The quantitative estimate of drug-likeness (QED) is 0.0261. The van der Waals surface area contributed by atoms with Crippen LogP contribution in [0.5, 0.6) is 0 Å². The van der Waals surface area contributed by atoms with Crippen molar-refractivity contribution in [3.05, 3.63) is 24.3 Å². The lowest BCUT2D eigenvalue weighted by atomic mass is 9.99. The monoisotopic (exact) mass is 964 g/mol. The smallest absolute Gasteiger partial charge is 0.220 e. The summed E-state index contributed by atoms with van der Waals surface area (Å²) in [4.78, 5) is 13.1. The van der Waals surface area contributed by atoms with Crippen LogP contribution in [-0.4, -0.2) is 87.5 Å². The summed E-state index contributed by atoms with van der Waals surface area (Å²) in [6.07, 6.45) is 55.3. The highest BCUT2D eigenvalue weighted by atomic mass is 16.7. The molecule has 7 unspecified atom stereocenters. The van der Waals surface area contributed by atoms with E-state index in [4.69, 9.17) is 9.47 Å². The highest BCUT2D eigenvalue weighted by Crippen LogP contribution is 2.23. The highest BCUT2D eigenvalue weighted by Gasteiger charge is 2.44. The predicted octanol–water partition coefficient (Wildman–Crippen LogP) is 14.6. The molecule has 0 bridgehead atoms. The number of carbonyl (C=O) groups excluding carboxylic acids is 1. The molecule has 1 heterocycles. The minimum atomic E-state index is -1.57. The molecule has 402 valence electrons. The molecule has 6 N–H and O–H groups in total. The highest BCUT2D eigenvalue weighted by molar-refractivity contribution is 5.76. The molecule has 9 nitrogen and oxygen atoms in total. The number of hydrogen-bond acceptors (Lipinski definition) is 8. The van der Waals surface area contributed by atoms with Crippen LogP contribution in [0.15, 0.2) is 24.3 Å². The van der Waals surface area contributed by atoms with Gasteiger partial charge >= 0.3 is 0 Å². The molecule has 9 heteroatoms. The van der Waals surface area contributed by atoms with E-state index in [1.807, 2.05) is 6.08 Å². The molecular formula is C59H113NO8. The third-order valence-electron chi connectivity index (χ3n) is 14.3. The average molecular weight is 965 g/mol. The number of aliphatic hydroxyl groups excluding tert-OH is 5. The summed E-state index contributed by atoms with van der Waals surface area (Å²) in [6, 6.07) is -0.806. The van der Waals surface area contributed by atoms with Gasteiger partial charge in [0.15, 0.2) is 6.29 Å². The van der Waals surface area contributed by atoms with Crippen LogP contribution in [-0.2, 0) is 14.3 Å². The van der Waals surface area contributed by atoms with Gasteiger partial charge in [-0.05, 0) is 44.9 Å². The Bertz CT molecular complexity index is 1120. The molecule has 0 aromatic carbocycles. The predicted molar refractivity (Wildman–Crippen MR) is 286 cm³/mol. The fourth-order valence-corrected chi connectivity index (χ4v) is 9.57. The normalized spacial score (nSPS) is 19.7. The fraction of sp³-hybridized carbons (Fsp3) is 0.915. The van der Waals surface area contributed by atoms with Crippen molar-refractivity contribution in [1.82, 2.24) is 5.32 Å². The molecule has 0 aromatic rings. The molecule has 7 atom stereocenters. The van der Waals surface area contributed by atoms with E-state index in [-0.39, 0.29) is 12.5 Å². The van der Waals surface area contributed by atoms with Crippen molar-refractivity contribution in [3.8, 4) is 0 Å². The van der Waals surface area contributed by atoms with E-state index in [0.717, 1.165) is 38.5 Å². The molecule has 0 radical (unpaired) electrons. The van der Waals surface area contributed by atoms with Gasteiger partial charge < -0.3 is 40.3 Å². The molecule has 0 aromatic heterocycles. The summed E-state index contributed by atoms with van der Waals surface area (Å²) in [5.74, 6) is -0.177. The van der Waals surface area contributed by atoms with E-state index in [2.05, 4.69) is 31.3 Å². The van der Waals surface area contributed by atoms with Crippen LogP contribution in [0.3, 0.4) is 0 Å². The lowest BCUT2D eigenvalue weighted by Crippen LogP contribution is -2.60. The number of hydrogen-bond donors (Lipinski definition) is 6. The number of ether oxygens (including phenoxy) is 2. The Labute approximate surface area is 419 Å². The van der Waals surface area contributed by atoms with Crippen molar-refractivity contribution in [3.63, 3.8) is 0 Å². The first-order valence-electron chi connectivity index (χ1n) is 29.6. The van der Waals surface area contributed by atoms with Crippen molar-refractivity contribution in [1.29, 1.82) is 0 Å². The maximum absolute atomic E-state index is 13.1. The van der Waals surface area contributed by atoms with E-state index in [1.165, 1.54) is 231 Å². The summed E-state index contributed by atoms with van der Waals surface area (Å²) in [6.45, 7) is 3.81. The Morgan fingerprint density at radius 3 is 1.19 bits per heavy atom. The lowest BCUT2D eigenvalue weighted by molar-refractivity contribution is -0.302. The van der Waals surface area contributed by atoms with Gasteiger partial charge in [0.25, 0.3) is 0 Å². The van der Waals surface area contributed by atoms with Gasteiger partial charge in [-0.1, -0.05) is 263 Å². The minimum Gasteiger partial charge on any atom is -0.394 e. The Hall–Kier alpha value is -1.33. The van der Waals surface area contributed by atoms with Gasteiger partial charge in [-0.25, -0.2) is 0 Å². The standard InChI is InChI=1S/C59H113NO8/c1-3-5-7-9-11-13-15-17-19-21-23-25-26-27-28-29-30-32-34-36-38-40-42-44-46-48-53(62)52(51-67-59-58(66)57(65)56(64)54(50-61)68-59)60-55(63)49-47-45-43-41-39-37-35-33-31-24-22-20-18-16-14-12-10-8-6-4-2/h24,31,46,48,52-54,56-59,61-62,64-66H,3-23,25-30,32-45,47,49-51H2,1-2H3,(H,60,63)/b31-24-,48-46+. The van der Waals surface area contributed by atoms with Crippen LogP contribution in [0.2, 0.25) is 0 Å². The maximum atomic E-state index is 13.1. The molecule has 0 saturated carbocycles. The van der Waals surface area contributed by atoms with Gasteiger partial charge in [0.2, 0.25) is 5.91 Å². The number of nitrogens with one attached hydrogen (secondary N) is 1. The zero-order valence-electron chi connectivity index (χ0n) is 44.6. The van der Waals surface area contributed by atoms with E-state index in [9.17, 15) is 30.3 Å². The van der Waals surface area contributed by atoms with E-state index >= 15 is 0 Å². The molecule has 1 rings (SSSR count). The zero-order valence-corrected chi connectivity index (χ0v) is 44.6. The maximum Gasteiger partial charge on any atom is 0.220 e. The van der Waals surface area contributed by atoms with Gasteiger partial charge in [0, 0.05) is 6.42 Å². The topological polar surface area (TPSA) is 149 Å². The van der Waals surface area contributed by atoms with Gasteiger partial charge in [0.1, 0.15) is 24.4 Å². The molecule has 1 aliphatic rings. The van der Waals surface area contributed by atoms with Crippen molar-refractivity contribution < 1.29 is 39.8 Å². The number of carbonyl (C=O) groups is 1. The number of rotatable bonds is 51. The third kappa shape index (κ3) is 38.4. The second kappa shape index (κ2) is 49.3. The van der Waals surface area contributed by atoms with Gasteiger partial charge in [-0.2, -0.15) is 0 Å². The molecule has 0 spiro atoms. The first-order chi connectivity index (χ1) is 33.3. The summed E-state index contributed by atoms with van der Waals surface area (Å²) in [5, 5.41) is 54.5. The van der Waals surface area contributed by atoms with E-state index in [0.29, 0.717) is 6.42 Å². The molecule has 1 saturated heterocycles. The summed E-state index contributed by atoms with van der Waals surface area (Å²) >= 11 is 0. The largest absolute Gasteiger partial charge is 0.394 e. The molecule has 1 fully saturated rings. The van der Waals surface area contributed by atoms with Crippen LogP contribution < -0.4 is 5.32 Å². The van der Waals surface area contributed by atoms with Gasteiger partial charge in [0.05, 0.1) is 25.4 Å². The van der Waals surface area contributed by atoms with Gasteiger partial charge in [-0.3, -0.25) is 4.79 Å². The van der Waals surface area contributed by atoms with Crippen molar-refractivity contribution >= 4 is 5.91 Å². The van der Waals surface area contributed by atoms with Crippen molar-refractivity contribution in [2.75, 3.05) is 13.2 Å². The first kappa shape index (κ1) is 64.7. The number of unbranched alkanes of at least 4 members (excludes halogenated alkanes) is 39. The van der Waals surface area contributed by atoms with Crippen LogP contribution >= 0.6 is 0 Å². The molecule has 1 amide bonds. The number of amides is 1. The SMILES string of the molecule is CCCCCCCCCCC/C=C\CCCCCCCCCC(=O)NC(COC1OC(CO)C(O)C(O)C1O)C(O)/C=C/CCCCCCCCCCCCCCCCCCCCCCCCC. The van der Waals surface area contributed by atoms with Crippen LogP contribution in [0.4, 0.5) is 0 Å². The fourth-order valence-electron chi connectivity index (χ4n) is 9.57. The second-order valence-corrected chi connectivity index (χ2v) is 20.8. The lowest BCUT2D eigenvalue weighted by Gasteiger charge is -2.40. The Morgan fingerprint density at radius 1 is 0.485 bits per heavy atom. The van der Waals surface area contributed by atoms with Crippen molar-refractivity contribution in [2.45, 2.75) is 333 Å². The van der Waals surface area contributed by atoms with Crippen molar-refractivity contribution in [2.24, 2.45) is 0 Å². The van der Waals surface area contributed by atoms with Crippen LogP contribution in [0, 0.1) is 0 Å². The average Bonchev–Trinajstić information content (AvgIpc) is 3.34. The third-order valence-corrected chi connectivity index (χ3v) is 14.3. The Morgan fingerprint density at radius 2 is 0.824 bits per heavy atom. The first-order valence-corrected chi connectivity index (χ1v) is 29.6. The van der Waals surface area contributed by atoms with Gasteiger partial charge in [-0.15, -0.1) is 0 Å². The molecular weight excluding hydrogens is 851 g/mol. The Kier molecular flexibility index (Phi) is 46.9.